The Morgan fingerprint density at radius 2 is 1.79 bits per heavy atom. The topological polar surface area (TPSA) is 148 Å². The van der Waals surface area contributed by atoms with E-state index in [9.17, 15) is 30.0 Å². The lowest BCUT2D eigenvalue weighted by molar-refractivity contribution is -0.137. The molecule has 176 valence electrons. The number of phenols is 4. The molecular formula is C23H24O8S2. The van der Waals surface area contributed by atoms with Crippen molar-refractivity contribution in [2.75, 3.05) is 5.75 Å². The van der Waals surface area contributed by atoms with Crippen molar-refractivity contribution in [3.63, 3.8) is 0 Å². The average molecular weight is 493 g/mol. The van der Waals surface area contributed by atoms with Crippen LogP contribution in [0.2, 0.25) is 0 Å². The molecule has 0 bridgehead atoms. The van der Waals surface area contributed by atoms with Gasteiger partial charge >= 0.3 is 5.97 Å². The Labute approximate surface area is 197 Å². The van der Waals surface area contributed by atoms with Crippen LogP contribution in [0, 0.1) is 0 Å². The van der Waals surface area contributed by atoms with Crippen LogP contribution in [0.5, 0.6) is 23.0 Å². The van der Waals surface area contributed by atoms with Gasteiger partial charge in [0, 0.05) is 41.2 Å². The summed E-state index contributed by atoms with van der Waals surface area (Å²) in [5.41, 5.74) is -0.106. The highest BCUT2D eigenvalue weighted by Gasteiger charge is 2.16. The average Bonchev–Trinajstić information content (AvgIpc) is 3.26. The van der Waals surface area contributed by atoms with Crippen molar-refractivity contribution < 1.29 is 34.7 Å². The van der Waals surface area contributed by atoms with Gasteiger partial charge < -0.3 is 29.9 Å². The molecule has 2 aromatic carbocycles. The van der Waals surface area contributed by atoms with Gasteiger partial charge in [0.2, 0.25) is 0 Å². The van der Waals surface area contributed by atoms with E-state index in [0.717, 1.165) is 30.2 Å². The van der Waals surface area contributed by atoms with Crippen LogP contribution in [0.15, 0.2) is 45.6 Å². The monoisotopic (exact) mass is 492 g/mol. The molecule has 0 spiro atoms. The lowest BCUT2D eigenvalue weighted by atomic mass is 10.1. The summed E-state index contributed by atoms with van der Waals surface area (Å²) in [6.45, 7) is 0. The lowest BCUT2D eigenvalue weighted by Gasteiger charge is -2.06. The molecule has 1 unspecified atom stereocenters. The molecule has 10 heteroatoms. The smallest absolute Gasteiger partial charge is 0.303 e. The predicted molar refractivity (Wildman–Crippen MR) is 129 cm³/mol. The van der Waals surface area contributed by atoms with Crippen LogP contribution in [-0.2, 0) is 4.79 Å². The third kappa shape index (κ3) is 6.75. The molecule has 0 aliphatic carbocycles. The molecule has 8 nitrogen and oxygen atoms in total. The minimum Gasteiger partial charge on any atom is -0.508 e. The van der Waals surface area contributed by atoms with E-state index in [2.05, 4.69) is 0 Å². The number of rotatable bonds is 6. The highest BCUT2D eigenvalue weighted by molar-refractivity contribution is 8.77. The van der Waals surface area contributed by atoms with E-state index in [1.54, 1.807) is 0 Å². The van der Waals surface area contributed by atoms with E-state index < -0.39 is 11.4 Å². The maximum absolute atomic E-state index is 12.0. The molecule has 1 aliphatic rings. The number of aromatic hydroxyl groups is 4. The van der Waals surface area contributed by atoms with E-state index in [1.807, 2.05) is 21.6 Å². The second-order valence-corrected chi connectivity index (χ2v) is 10.3. The molecule has 0 radical (unpaired) electrons. The Balaban J connectivity index is 0.000000218. The Kier molecular flexibility index (Phi) is 8.40. The number of hydrogen-bond acceptors (Lipinski definition) is 9. The van der Waals surface area contributed by atoms with Gasteiger partial charge in [-0.05, 0) is 37.5 Å². The number of carboxylic acids is 1. The number of carboxylic acid groups (broad SMARTS) is 1. The quantitative estimate of drug-likeness (QED) is 0.179. The van der Waals surface area contributed by atoms with Gasteiger partial charge in [-0.2, -0.15) is 0 Å². The zero-order valence-corrected chi connectivity index (χ0v) is 19.2. The van der Waals surface area contributed by atoms with Crippen LogP contribution in [0.4, 0.5) is 0 Å². The molecule has 0 amide bonds. The Hall–Kier alpha value is -2.98. The maximum Gasteiger partial charge on any atom is 0.303 e. The summed E-state index contributed by atoms with van der Waals surface area (Å²) in [7, 11) is 3.92. The first-order valence-electron chi connectivity index (χ1n) is 10.3. The molecule has 2 heterocycles. The Morgan fingerprint density at radius 1 is 1.00 bits per heavy atom. The second-order valence-electron chi connectivity index (χ2n) is 7.48. The third-order valence-corrected chi connectivity index (χ3v) is 7.96. The molecule has 33 heavy (non-hydrogen) atoms. The summed E-state index contributed by atoms with van der Waals surface area (Å²) in [4.78, 5) is 22.2. The van der Waals surface area contributed by atoms with Crippen LogP contribution in [-0.4, -0.2) is 42.5 Å². The van der Waals surface area contributed by atoms with Gasteiger partial charge in [0.1, 0.15) is 28.2 Å². The first-order chi connectivity index (χ1) is 15.7. The molecule has 1 aromatic heterocycles. The minimum atomic E-state index is -0.663. The number of hydrogen-bond donors (Lipinski definition) is 5. The molecule has 0 saturated carbocycles. The van der Waals surface area contributed by atoms with Crippen molar-refractivity contribution in [2.24, 2.45) is 0 Å². The van der Waals surface area contributed by atoms with Gasteiger partial charge in [-0.15, -0.1) is 0 Å². The first kappa shape index (κ1) is 24.7. The fourth-order valence-electron chi connectivity index (χ4n) is 3.29. The van der Waals surface area contributed by atoms with Gasteiger partial charge in [-0.1, -0.05) is 28.0 Å². The van der Waals surface area contributed by atoms with Crippen molar-refractivity contribution in [3.05, 3.63) is 46.6 Å². The fourth-order valence-corrected chi connectivity index (χ4v) is 6.31. The number of aliphatic carboxylic acids is 1. The summed E-state index contributed by atoms with van der Waals surface area (Å²) in [5, 5.41) is 47.0. The third-order valence-electron chi connectivity index (χ3n) is 4.95. The molecule has 1 fully saturated rings. The normalized spacial score (nSPS) is 15.2. The maximum atomic E-state index is 12.0. The van der Waals surface area contributed by atoms with Gasteiger partial charge in [0.05, 0.1) is 0 Å². The summed E-state index contributed by atoms with van der Waals surface area (Å²) < 4.78 is 5.47. The first-order valence-corrected chi connectivity index (χ1v) is 12.6. The van der Waals surface area contributed by atoms with Crippen LogP contribution >= 0.6 is 21.6 Å². The number of unbranched alkanes of at least 4 members (excludes halogenated alkanes) is 1. The largest absolute Gasteiger partial charge is 0.508 e. The molecule has 4 rings (SSSR count). The molecule has 1 saturated heterocycles. The summed E-state index contributed by atoms with van der Waals surface area (Å²) >= 11 is 0. The van der Waals surface area contributed by atoms with Gasteiger partial charge in [0.15, 0.2) is 16.9 Å². The van der Waals surface area contributed by atoms with Crippen LogP contribution in [0.3, 0.4) is 0 Å². The van der Waals surface area contributed by atoms with E-state index in [-0.39, 0.29) is 39.7 Å². The van der Waals surface area contributed by atoms with Crippen molar-refractivity contribution >= 4 is 38.5 Å². The highest BCUT2D eigenvalue weighted by atomic mass is 33.1. The molecule has 1 atom stereocenters. The van der Waals surface area contributed by atoms with E-state index >= 15 is 0 Å². The van der Waals surface area contributed by atoms with Crippen LogP contribution < -0.4 is 5.43 Å². The summed E-state index contributed by atoms with van der Waals surface area (Å²) in [5.74, 6) is -0.524. The zero-order valence-electron chi connectivity index (χ0n) is 17.6. The van der Waals surface area contributed by atoms with Gasteiger partial charge in [0.25, 0.3) is 0 Å². The van der Waals surface area contributed by atoms with Gasteiger partial charge in [-0.3, -0.25) is 9.59 Å². The molecule has 5 N–H and O–H groups in total. The van der Waals surface area contributed by atoms with Crippen LogP contribution in [0.25, 0.3) is 22.3 Å². The van der Waals surface area contributed by atoms with Crippen LogP contribution in [0.1, 0.15) is 32.1 Å². The fraction of sp³-hybridized carbons (Fsp3) is 0.304. The zero-order chi connectivity index (χ0) is 24.0. The standard InChI is InChI=1S/C15H10O6.C8H14O2S2/c16-8-4-11(19)15-12(20)6-13(21-14(15)5-8)7-1-2-9(17)10(18)3-7;9-8(10)4-2-1-3-7-5-6-11-12-7/h1-6,16-19H;7H,1-6H2,(H,9,10). The summed E-state index contributed by atoms with van der Waals surface area (Å²) in [6.07, 6.45) is 4.76. The molecule has 3 aromatic rings. The summed E-state index contributed by atoms with van der Waals surface area (Å²) in [6, 6.07) is 7.37. The number of carbonyl (C=O) groups is 1. The van der Waals surface area contributed by atoms with Gasteiger partial charge in [-0.25, -0.2) is 0 Å². The number of phenolic OH excluding ortho intramolecular Hbond substituents is 4. The van der Waals surface area contributed by atoms with Crippen molar-refractivity contribution in [3.8, 4) is 34.3 Å². The predicted octanol–water partition coefficient (Wildman–Crippen LogP) is 5.07. The molecular weight excluding hydrogens is 468 g/mol. The SMILES string of the molecule is O=C(O)CCCCC1CCSS1.O=c1cc(-c2ccc(O)c(O)c2)oc2cc(O)cc(O)c12. The van der Waals surface area contributed by atoms with E-state index in [0.29, 0.717) is 12.0 Å². The van der Waals surface area contributed by atoms with Crippen molar-refractivity contribution in [2.45, 2.75) is 37.4 Å². The Bertz CT molecular complexity index is 1190. The molecule has 1 aliphatic heterocycles. The Morgan fingerprint density at radius 3 is 2.45 bits per heavy atom. The second kappa shape index (κ2) is 11.2. The van der Waals surface area contributed by atoms with E-state index in [1.165, 1.54) is 42.9 Å². The number of fused-ring (bicyclic) bond motifs is 1. The van der Waals surface area contributed by atoms with E-state index in [4.69, 9.17) is 9.52 Å². The van der Waals surface area contributed by atoms with Crippen molar-refractivity contribution in [1.82, 2.24) is 0 Å². The minimum absolute atomic E-state index is 0.0163. The van der Waals surface area contributed by atoms with Crippen molar-refractivity contribution in [1.29, 1.82) is 0 Å². The number of benzene rings is 2. The lowest BCUT2D eigenvalue weighted by Crippen LogP contribution is -2.00. The highest BCUT2D eigenvalue weighted by Crippen LogP contribution is 2.40.